The van der Waals surface area contributed by atoms with Crippen molar-refractivity contribution in [3.63, 3.8) is 0 Å². The summed E-state index contributed by atoms with van der Waals surface area (Å²) in [7, 11) is 0. The number of carboxylic acids is 1. The number of carbonyl (C=O) groups is 2. The number of aliphatic carboxylic acids is 1. The van der Waals surface area contributed by atoms with Crippen molar-refractivity contribution >= 4 is 11.9 Å². The summed E-state index contributed by atoms with van der Waals surface area (Å²) < 4.78 is 4.99. The van der Waals surface area contributed by atoms with Crippen LogP contribution in [0.5, 0.6) is 0 Å². The van der Waals surface area contributed by atoms with E-state index in [1.165, 1.54) is 0 Å². The molecule has 14 heavy (non-hydrogen) atoms. The lowest BCUT2D eigenvalue weighted by Gasteiger charge is -2.11. The summed E-state index contributed by atoms with van der Waals surface area (Å²) in [5.74, 6) is -1.19. The Morgan fingerprint density at radius 2 is 2.14 bits per heavy atom. The van der Waals surface area contributed by atoms with Gasteiger partial charge in [0.15, 0.2) is 0 Å². The second-order valence-corrected chi connectivity index (χ2v) is 3.38. The summed E-state index contributed by atoms with van der Waals surface area (Å²) in [5, 5.41) is 11.3. The zero-order valence-corrected chi connectivity index (χ0v) is 8.21. The lowest BCUT2D eigenvalue weighted by Crippen LogP contribution is -2.43. The fourth-order valence-corrected chi connectivity index (χ4v) is 1.16. The zero-order valence-electron chi connectivity index (χ0n) is 8.21. The highest BCUT2D eigenvalue weighted by Crippen LogP contribution is 2.35. The summed E-state index contributed by atoms with van der Waals surface area (Å²) in [6.07, 6.45) is 1.29. The van der Waals surface area contributed by atoms with Crippen LogP contribution in [0.1, 0.15) is 26.2 Å². The minimum atomic E-state index is -0.969. The highest BCUT2D eigenvalue weighted by Gasteiger charge is 2.51. The van der Waals surface area contributed by atoms with Gasteiger partial charge in [-0.1, -0.05) is 0 Å². The van der Waals surface area contributed by atoms with Crippen molar-refractivity contribution in [2.24, 2.45) is 0 Å². The van der Waals surface area contributed by atoms with Crippen molar-refractivity contribution in [3.05, 3.63) is 0 Å². The Morgan fingerprint density at radius 3 is 2.57 bits per heavy atom. The Morgan fingerprint density at radius 1 is 1.50 bits per heavy atom. The molecule has 0 radical (unpaired) electrons. The van der Waals surface area contributed by atoms with Crippen LogP contribution in [0.2, 0.25) is 0 Å². The Labute approximate surface area is 82.4 Å². The number of nitrogens with one attached hydrogen (secondary N) is 1. The molecule has 0 atom stereocenters. The van der Waals surface area contributed by atoms with E-state index in [4.69, 9.17) is 9.84 Å². The summed E-state index contributed by atoms with van der Waals surface area (Å²) in [6.45, 7) is 2.76. The van der Waals surface area contributed by atoms with E-state index in [-0.39, 0.29) is 12.3 Å². The van der Waals surface area contributed by atoms with Crippen molar-refractivity contribution < 1.29 is 19.4 Å². The van der Waals surface area contributed by atoms with Gasteiger partial charge < -0.3 is 15.2 Å². The van der Waals surface area contributed by atoms with Crippen LogP contribution in [0, 0.1) is 0 Å². The number of carboxylic acid groups (broad SMARTS) is 1. The van der Waals surface area contributed by atoms with Gasteiger partial charge in [-0.25, -0.2) is 4.79 Å². The minimum Gasteiger partial charge on any atom is -0.480 e. The number of hydrogen-bond acceptors (Lipinski definition) is 3. The Kier molecular flexibility index (Phi) is 3.46. The second-order valence-electron chi connectivity index (χ2n) is 3.38. The van der Waals surface area contributed by atoms with Gasteiger partial charge in [-0.3, -0.25) is 4.79 Å². The maximum Gasteiger partial charge on any atom is 0.329 e. The molecule has 1 amide bonds. The van der Waals surface area contributed by atoms with E-state index in [1.54, 1.807) is 0 Å². The quantitative estimate of drug-likeness (QED) is 0.600. The topological polar surface area (TPSA) is 75.6 Å². The molecule has 5 heteroatoms. The normalized spacial score (nSPS) is 17.5. The van der Waals surface area contributed by atoms with E-state index in [2.05, 4.69) is 5.32 Å². The fraction of sp³-hybridized carbons (Fsp3) is 0.778. The van der Waals surface area contributed by atoms with Crippen LogP contribution in [-0.2, 0) is 14.3 Å². The molecule has 0 saturated heterocycles. The van der Waals surface area contributed by atoms with E-state index >= 15 is 0 Å². The number of ether oxygens (including phenoxy) is 1. The maximum absolute atomic E-state index is 11.2. The maximum atomic E-state index is 11.2. The summed E-state index contributed by atoms with van der Waals surface area (Å²) in [4.78, 5) is 21.9. The van der Waals surface area contributed by atoms with Gasteiger partial charge in [0.2, 0.25) is 5.91 Å². The molecule has 1 aliphatic rings. The van der Waals surface area contributed by atoms with Crippen molar-refractivity contribution in [3.8, 4) is 0 Å². The summed E-state index contributed by atoms with van der Waals surface area (Å²) in [5.41, 5.74) is -0.969. The Hall–Kier alpha value is -1.10. The molecule has 1 aliphatic carbocycles. The van der Waals surface area contributed by atoms with Crippen molar-refractivity contribution in [2.75, 3.05) is 13.2 Å². The molecule has 0 aromatic heterocycles. The molecule has 0 heterocycles. The molecule has 2 N–H and O–H groups in total. The average molecular weight is 201 g/mol. The van der Waals surface area contributed by atoms with Gasteiger partial charge in [-0.15, -0.1) is 0 Å². The summed E-state index contributed by atoms with van der Waals surface area (Å²) >= 11 is 0. The summed E-state index contributed by atoms with van der Waals surface area (Å²) in [6, 6.07) is 0. The van der Waals surface area contributed by atoms with Crippen LogP contribution in [0.25, 0.3) is 0 Å². The SMILES string of the molecule is CCOCCC(=O)NC1(C(=O)O)CC1. The van der Waals surface area contributed by atoms with Gasteiger partial charge >= 0.3 is 5.97 Å². The molecule has 5 nitrogen and oxygen atoms in total. The zero-order chi connectivity index (χ0) is 10.6. The third-order valence-electron chi connectivity index (χ3n) is 2.22. The Balaban J connectivity index is 2.24. The first-order chi connectivity index (χ1) is 6.60. The van der Waals surface area contributed by atoms with Crippen LogP contribution >= 0.6 is 0 Å². The third kappa shape index (κ3) is 2.70. The number of carbonyl (C=O) groups excluding carboxylic acids is 1. The van der Waals surface area contributed by atoms with E-state index in [0.29, 0.717) is 26.1 Å². The molecule has 1 saturated carbocycles. The van der Waals surface area contributed by atoms with Gasteiger partial charge in [0.05, 0.1) is 6.61 Å². The van der Waals surface area contributed by atoms with Crippen molar-refractivity contribution in [2.45, 2.75) is 31.7 Å². The first-order valence-corrected chi connectivity index (χ1v) is 4.73. The van der Waals surface area contributed by atoms with Gasteiger partial charge in [-0.05, 0) is 19.8 Å². The van der Waals surface area contributed by atoms with Crippen LogP contribution < -0.4 is 5.32 Å². The number of amides is 1. The fourth-order valence-electron chi connectivity index (χ4n) is 1.16. The molecule has 0 unspecified atom stereocenters. The third-order valence-corrected chi connectivity index (χ3v) is 2.22. The molecular formula is C9H15NO4. The molecule has 1 fully saturated rings. The molecule has 0 aromatic rings. The average Bonchev–Trinajstić information content (AvgIpc) is 2.86. The number of hydrogen-bond donors (Lipinski definition) is 2. The highest BCUT2D eigenvalue weighted by atomic mass is 16.5. The molecular weight excluding hydrogens is 186 g/mol. The first-order valence-electron chi connectivity index (χ1n) is 4.73. The van der Waals surface area contributed by atoms with Gasteiger partial charge in [0.25, 0.3) is 0 Å². The molecule has 80 valence electrons. The van der Waals surface area contributed by atoms with E-state index < -0.39 is 11.5 Å². The molecule has 0 aliphatic heterocycles. The molecule has 0 bridgehead atoms. The Bertz CT molecular complexity index is 235. The smallest absolute Gasteiger partial charge is 0.329 e. The van der Waals surface area contributed by atoms with E-state index in [9.17, 15) is 9.59 Å². The van der Waals surface area contributed by atoms with Gasteiger partial charge in [0, 0.05) is 13.0 Å². The van der Waals surface area contributed by atoms with Crippen LogP contribution in [0.15, 0.2) is 0 Å². The predicted octanol–water partition coefficient (Wildman–Crippen LogP) is 0.146. The van der Waals surface area contributed by atoms with E-state index in [0.717, 1.165) is 0 Å². The second kappa shape index (κ2) is 4.41. The van der Waals surface area contributed by atoms with Crippen LogP contribution in [-0.4, -0.2) is 35.7 Å². The lowest BCUT2D eigenvalue weighted by atomic mass is 10.2. The largest absolute Gasteiger partial charge is 0.480 e. The van der Waals surface area contributed by atoms with Gasteiger partial charge in [-0.2, -0.15) is 0 Å². The molecule has 0 aromatic carbocycles. The van der Waals surface area contributed by atoms with Crippen molar-refractivity contribution in [1.82, 2.24) is 5.32 Å². The monoisotopic (exact) mass is 201 g/mol. The number of rotatable bonds is 6. The van der Waals surface area contributed by atoms with E-state index in [1.807, 2.05) is 6.92 Å². The van der Waals surface area contributed by atoms with Crippen LogP contribution in [0.3, 0.4) is 0 Å². The lowest BCUT2D eigenvalue weighted by molar-refractivity contribution is -0.143. The molecule has 1 rings (SSSR count). The molecule has 0 spiro atoms. The predicted molar refractivity (Wildman–Crippen MR) is 48.9 cm³/mol. The van der Waals surface area contributed by atoms with Gasteiger partial charge in [0.1, 0.15) is 5.54 Å². The van der Waals surface area contributed by atoms with Crippen LogP contribution in [0.4, 0.5) is 0 Å². The highest BCUT2D eigenvalue weighted by molar-refractivity contribution is 5.89. The first kappa shape index (κ1) is 11.0. The standard InChI is InChI=1S/C9H15NO4/c1-2-14-6-3-7(11)10-9(4-5-9)8(12)13/h2-6H2,1H3,(H,10,11)(H,12,13). The van der Waals surface area contributed by atoms with Crippen molar-refractivity contribution in [1.29, 1.82) is 0 Å². The minimum absolute atomic E-state index is 0.225.